The Balaban J connectivity index is 1.47. The summed E-state index contributed by atoms with van der Waals surface area (Å²) >= 11 is 4.84. The molecule has 0 aliphatic heterocycles. The molecule has 5 aromatic rings. The zero-order valence-electron chi connectivity index (χ0n) is 18.3. The Labute approximate surface area is 214 Å². The minimum Gasteiger partial charge on any atom is -0.399 e. The number of nitrogens with two attached hydrogens (primary N) is 1. The lowest BCUT2D eigenvalue weighted by Crippen LogP contribution is -2.24. The minimum absolute atomic E-state index is 0.164. The van der Waals surface area contributed by atoms with Crippen LogP contribution in [0.4, 0.5) is 22.9 Å². The number of fused-ring (bicyclic) bond motifs is 1. The topological polar surface area (TPSA) is 97.0 Å². The van der Waals surface area contributed by atoms with Crippen LogP contribution in [0.3, 0.4) is 0 Å². The van der Waals surface area contributed by atoms with Crippen molar-refractivity contribution in [2.45, 2.75) is 4.90 Å². The number of carbonyl (C=O) groups is 1. The van der Waals surface area contributed by atoms with Gasteiger partial charge in [0.05, 0.1) is 11.1 Å². The Hall–Kier alpha value is -3.95. The summed E-state index contributed by atoms with van der Waals surface area (Å²) in [6.07, 6.45) is 3.15. The molecular formula is C26H19BrN6OS. The number of carbonyl (C=O) groups excluding carboxylic acids is 1. The smallest absolute Gasteiger partial charge is 0.268 e. The fourth-order valence-electron chi connectivity index (χ4n) is 3.43. The number of rotatable bonds is 6. The third-order valence-electron chi connectivity index (χ3n) is 5.08. The van der Waals surface area contributed by atoms with Crippen molar-refractivity contribution >= 4 is 67.7 Å². The molecule has 0 saturated heterocycles. The molecule has 0 spiro atoms. The zero-order chi connectivity index (χ0) is 24.2. The quantitative estimate of drug-likeness (QED) is 0.187. The molecule has 0 bridgehead atoms. The van der Waals surface area contributed by atoms with E-state index in [1.165, 1.54) is 18.3 Å². The van der Waals surface area contributed by atoms with Gasteiger partial charge in [0.2, 0.25) is 0 Å². The number of nitrogens with zero attached hydrogens (tertiary/aromatic N) is 4. The van der Waals surface area contributed by atoms with Gasteiger partial charge in [0.25, 0.3) is 5.91 Å². The Kier molecular flexibility index (Phi) is 6.60. The zero-order valence-corrected chi connectivity index (χ0v) is 20.7. The standard InChI is InChI=1S/C26H19BrN6OS/c27-18-5-2-7-21(15-18)33(35-22-11-9-19(28)10-12-22)26(34)17-4-1-6-20(14-17)32-25-23-8-3-13-29-24(23)30-16-31-25/h1-16H,28H2,(H,29,30,31,32). The van der Waals surface area contributed by atoms with Crippen LogP contribution in [-0.4, -0.2) is 20.9 Å². The third-order valence-corrected chi connectivity index (χ3v) is 6.62. The molecule has 0 unspecified atom stereocenters. The summed E-state index contributed by atoms with van der Waals surface area (Å²) in [5.74, 6) is 0.454. The van der Waals surface area contributed by atoms with Crippen LogP contribution in [0.15, 0.2) is 107 Å². The summed E-state index contributed by atoms with van der Waals surface area (Å²) in [4.78, 5) is 27.5. The molecule has 2 aromatic heterocycles. The van der Waals surface area contributed by atoms with Crippen LogP contribution >= 0.6 is 27.9 Å². The molecule has 1 amide bonds. The summed E-state index contributed by atoms with van der Waals surface area (Å²) in [6.45, 7) is 0. The van der Waals surface area contributed by atoms with Crippen molar-refractivity contribution in [3.8, 4) is 0 Å². The van der Waals surface area contributed by atoms with Crippen molar-refractivity contribution in [3.63, 3.8) is 0 Å². The van der Waals surface area contributed by atoms with E-state index < -0.39 is 0 Å². The summed E-state index contributed by atoms with van der Waals surface area (Å²) in [7, 11) is 0. The Morgan fingerprint density at radius 2 is 1.74 bits per heavy atom. The molecule has 0 radical (unpaired) electrons. The average Bonchev–Trinajstić information content (AvgIpc) is 2.88. The number of amides is 1. The number of pyridine rings is 1. The van der Waals surface area contributed by atoms with Gasteiger partial charge < -0.3 is 11.1 Å². The lowest BCUT2D eigenvalue weighted by atomic mass is 10.1. The van der Waals surface area contributed by atoms with E-state index >= 15 is 0 Å². The molecule has 7 nitrogen and oxygen atoms in total. The van der Waals surface area contributed by atoms with Crippen LogP contribution in [0.5, 0.6) is 0 Å². The highest BCUT2D eigenvalue weighted by atomic mass is 79.9. The number of benzene rings is 3. The fourth-order valence-corrected chi connectivity index (χ4v) is 4.69. The predicted octanol–water partition coefficient (Wildman–Crippen LogP) is 6.47. The largest absolute Gasteiger partial charge is 0.399 e. The van der Waals surface area contributed by atoms with Gasteiger partial charge in [-0.2, -0.15) is 0 Å². The number of aromatic nitrogens is 3. The maximum atomic E-state index is 13.7. The Morgan fingerprint density at radius 3 is 2.57 bits per heavy atom. The summed E-state index contributed by atoms with van der Waals surface area (Å²) in [5.41, 5.74) is 9.10. The first-order chi connectivity index (χ1) is 17.1. The lowest BCUT2D eigenvalue weighted by molar-refractivity contribution is 0.101. The second-order valence-corrected chi connectivity index (χ2v) is 9.48. The molecule has 9 heteroatoms. The first-order valence-electron chi connectivity index (χ1n) is 10.6. The minimum atomic E-state index is -0.164. The Morgan fingerprint density at radius 1 is 0.914 bits per heavy atom. The van der Waals surface area contributed by atoms with Gasteiger partial charge in [0.1, 0.15) is 12.1 Å². The second kappa shape index (κ2) is 10.1. The number of anilines is 4. The molecule has 3 aromatic carbocycles. The Bertz CT molecular complexity index is 1510. The molecule has 0 fully saturated rings. The van der Waals surface area contributed by atoms with Crippen molar-refractivity contribution < 1.29 is 4.79 Å². The summed E-state index contributed by atoms with van der Waals surface area (Å²) < 4.78 is 2.55. The molecule has 3 N–H and O–H groups in total. The van der Waals surface area contributed by atoms with E-state index in [9.17, 15) is 4.79 Å². The highest BCUT2D eigenvalue weighted by Gasteiger charge is 2.20. The molecule has 0 aliphatic carbocycles. The molecule has 35 heavy (non-hydrogen) atoms. The van der Waals surface area contributed by atoms with Crippen molar-refractivity contribution in [1.29, 1.82) is 0 Å². The van der Waals surface area contributed by atoms with Crippen LogP contribution in [0.2, 0.25) is 0 Å². The van der Waals surface area contributed by atoms with Crippen LogP contribution in [0, 0.1) is 0 Å². The van der Waals surface area contributed by atoms with Crippen molar-refractivity contribution in [2.24, 2.45) is 0 Å². The van der Waals surface area contributed by atoms with E-state index in [1.54, 1.807) is 22.6 Å². The predicted molar refractivity (Wildman–Crippen MR) is 145 cm³/mol. The normalized spacial score (nSPS) is 10.8. The van der Waals surface area contributed by atoms with Crippen LogP contribution < -0.4 is 15.4 Å². The first-order valence-corrected chi connectivity index (χ1v) is 12.2. The molecule has 2 heterocycles. The van der Waals surface area contributed by atoms with Gasteiger partial charge in [0.15, 0.2) is 5.65 Å². The first kappa shape index (κ1) is 22.8. The molecule has 0 atom stereocenters. The number of hydrogen-bond acceptors (Lipinski definition) is 7. The van der Waals surface area contributed by atoms with Gasteiger partial charge in [-0.3, -0.25) is 4.79 Å². The highest BCUT2D eigenvalue weighted by Crippen LogP contribution is 2.33. The number of halogens is 1. The molecule has 0 aliphatic rings. The number of nitrogen functional groups attached to an aromatic ring is 1. The van der Waals surface area contributed by atoms with Crippen molar-refractivity contribution in [3.05, 3.63) is 107 Å². The molecular weight excluding hydrogens is 524 g/mol. The second-order valence-electron chi connectivity index (χ2n) is 7.54. The van der Waals surface area contributed by atoms with E-state index in [0.717, 1.165) is 26.1 Å². The number of nitrogens with one attached hydrogen (secondary N) is 1. The average molecular weight is 543 g/mol. The lowest BCUT2D eigenvalue weighted by Gasteiger charge is -2.22. The van der Waals surface area contributed by atoms with Gasteiger partial charge in [0, 0.05) is 32.5 Å². The summed E-state index contributed by atoms with van der Waals surface area (Å²) in [5, 5.41) is 4.09. The van der Waals surface area contributed by atoms with E-state index in [1.807, 2.05) is 72.8 Å². The number of hydrogen-bond donors (Lipinski definition) is 2. The third kappa shape index (κ3) is 5.26. The fraction of sp³-hybridized carbons (Fsp3) is 0. The van der Waals surface area contributed by atoms with E-state index in [-0.39, 0.29) is 5.91 Å². The van der Waals surface area contributed by atoms with E-state index in [0.29, 0.717) is 22.7 Å². The maximum Gasteiger partial charge on any atom is 0.268 e. The SMILES string of the molecule is Nc1ccc(SN(C(=O)c2cccc(Nc3ncnc4ncccc34)c2)c2cccc(Br)c2)cc1. The van der Waals surface area contributed by atoms with Crippen molar-refractivity contribution in [1.82, 2.24) is 15.0 Å². The van der Waals surface area contributed by atoms with E-state index in [4.69, 9.17) is 5.73 Å². The van der Waals surface area contributed by atoms with Gasteiger partial charge in [-0.15, -0.1) is 0 Å². The molecule has 172 valence electrons. The monoisotopic (exact) mass is 542 g/mol. The van der Waals surface area contributed by atoms with Gasteiger partial charge in [-0.05, 0) is 84.7 Å². The van der Waals surface area contributed by atoms with Crippen LogP contribution in [-0.2, 0) is 0 Å². The van der Waals surface area contributed by atoms with Crippen LogP contribution in [0.25, 0.3) is 11.0 Å². The van der Waals surface area contributed by atoms with Gasteiger partial charge >= 0.3 is 0 Å². The van der Waals surface area contributed by atoms with Crippen LogP contribution in [0.1, 0.15) is 10.4 Å². The molecule has 5 rings (SSSR count). The maximum absolute atomic E-state index is 13.7. The van der Waals surface area contributed by atoms with E-state index in [2.05, 4.69) is 36.2 Å². The molecule has 0 saturated carbocycles. The summed E-state index contributed by atoms with van der Waals surface area (Å²) in [6, 6.07) is 26.1. The highest BCUT2D eigenvalue weighted by molar-refractivity contribution is 9.10. The van der Waals surface area contributed by atoms with Gasteiger partial charge in [-0.25, -0.2) is 19.3 Å². The van der Waals surface area contributed by atoms with Crippen molar-refractivity contribution in [2.75, 3.05) is 15.4 Å². The van der Waals surface area contributed by atoms with Gasteiger partial charge in [-0.1, -0.05) is 28.1 Å².